The number of hydrogen-bond donors (Lipinski definition) is 2. The molecule has 0 bridgehead atoms. The summed E-state index contributed by atoms with van der Waals surface area (Å²) in [6, 6.07) is 21.5. The molecule has 5 nitrogen and oxygen atoms in total. The van der Waals surface area contributed by atoms with Gasteiger partial charge in [-0.15, -0.1) is 0 Å². The second-order valence-electron chi connectivity index (χ2n) is 8.04. The van der Waals surface area contributed by atoms with Crippen LogP contribution < -0.4 is 10.7 Å². The van der Waals surface area contributed by atoms with Gasteiger partial charge in [0.25, 0.3) is 0 Å². The minimum absolute atomic E-state index is 0.0783. The molecule has 1 aromatic heterocycles. The maximum Gasteiger partial charge on any atom is 0.229 e. The molecule has 0 aliphatic carbocycles. The van der Waals surface area contributed by atoms with Crippen molar-refractivity contribution in [1.82, 2.24) is 9.97 Å². The Morgan fingerprint density at radius 2 is 1.71 bits per heavy atom. The van der Waals surface area contributed by atoms with Crippen LogP contribution in [-0.2, 0) is 17.6 Å². The maximum absolute atomic E-state index is 13.5. The van der Waals surface area contributed by atoms with E-state index in [0.717, 1.165) is 34.0 Å². The van der Waals surface area contributed by atoms with Crippen LogP contribution in [0.3, 0.4) is 0 Å². The molecule has 4 aromatic carbocycles. The van der Waals surface area contributed by atoms with E-state index in [1.807, 2.05) is 36.4 Å². The lowest BCUT2D eigenvalue weighted by molar-refractivity contribution is -0.115. The summed E-state index contributed by atoms with van der Waals surface area (Å²) in [4.78, 5) is 32.6. The molecule has 1 amide bonds. The van der Waals surface area contributed by atoms with E-state index in [0.29, 0.717) is 29.0 Å². The van der Waals surface area contributed by atoms with E-state index in [1.54, 1.807) is 18.2 Å². The van der Waals surface area contributed by atoms with Crippen LogP contribution in [0.1, 0.15) is 16.8 Å². The van der Waals surface area contributed by atoms with Crippen molar-refractivity contribution in [3.8, 4) is 0 Å². The highest BCUT2D eigenvalue weighted by atomic mass is 19.2. The Balaban J connectivity index is 1.55. The molecule has 0 aliphatic heterocycles. The van der Waals surface area contributed by atoms with E-state index in [2.05, 4.69) is 15.3 Å². The number of H-pyrrole nitrogens is 1. The first-order valence-corrected chi connectivity index (χ1v) is 10.7. The Hall–Kier alpha value is -4.39. The molecule has 7 heteroatoms. The zero-order chi connectivity index (χ0) is 23.7. The van der Waals surface area contributed by atoms with Crippen molar-refractivity contribution >= 4 is 33.5 Å². The summed E-state index contributed by atoms with van der Waals surface area (Å²) in [5, 5.41) is 4.45. The molecule has 5 rings (SSSR count). The number of amides is 1. The van der Waals surface area contributed by atoms with Gasteiger partial charge in [0.05, 0.1) is 23.1 Å². The predicted octanol–water partition coefficient (Wildman–Crippen LogP) is 5.13. The maximum atomic E-state index is 13.5. The first-order valence-electron chi connectivity index (χ1n) is 10.7. The molecular weight excluding hydrogens is 436 g/mol. The molecule has 1 heterocycles. The molecule has 0 unspecified atom stereocenters. The molecular formula is C27H19F2N3O2. The standard InChI is InChI=1S/C27H19F2N3O2/c28-21-10-6-17(12-22(21)29)14-25(34)32-27-24(13-16-4-2-1-3-5-16)30-26-20-9-8-19(33)15-18(20)7-11-23(26)31-27/h1-12,15,30H,13-14H2,(H,32,34). The third-order valence-electron chi connectivity index (χ3n) is 5.59. The number of halogens is 2. The number of aromatic nitrogens is 2. The average Bonchev–Trinajstić information content (AvgIpc) is 2.82. The molecule has 0 fully saturated rings. The molecule has 34 heavy (non-hydrogen) atoms. The fraction of sp³-hybridized carbons (Fsp3) is 0.0741. The zero-order valence-corrected chi connectivity index (χ0v) is 17.9. The van der Waals surface area contributed by atoms with Crippen molar-refractivity contribution in [1.29, 1.82) is 0 Å². The first-order chi connectivity index (χ1) is 16.5. The molecule has 168 valence electrons. The average molecular weight is 455 g/mol. The van der Waals surface area contributed by atoms with Crippen LogP contribution in [0.4, 0.5) is 14.6 Å². The summed E-state index contributed by atoms with van der Waals surface area (Å²) in [7, 11) is 0. The Morgan fingerprint density at radius 1 is 0.882 bits per heavy atom. The van der Waals surface area contributed by atoms with Crippen LogP contribution in [0.2, 0.25) is 0 Å². The second kappa shape index (κ2) is 8.86. The van der Waals surface area contributed by atoms with Crippen molar-refractivity contribution in [3.05, 3.63) is 118 Å². The number of aromatic amines is 1. The molecule has 2 N–H and O–H groups in total. The van der Waals surface area contributed by atoms with Crippen LogP contribution in [0.25, 0.3) is 21.8 Å². The highest BCUT2D eigenvalue weighted by Crippen LogP contribution is 2.26. The topological polar surface area (TPSA) is 74.8 Å². The van der Waals surface area contributed by atoms with Gasteiger partial charge < -0.3 is 10.3 Å². The van der Waals surface area contributed by atoms with Gasteiger partial charge in [-0.1, -0.05) is 42.5 Å². The van der Waals surface area contributed by atoms with Gasteiger partial charge in [0, 0.05) is 11.8 Å². The molecule has 0 atom stereocenters. The van der Waals surface area contributed by atoms with Crippen molar-refractivity contribution in [2.75, 3.05) is 5.32 Å². The molecule has 0 saturated carbocycles. The lowest BCUT2D eigenvalue weighted by Gasteiger charge is -2.14. The fourth-order valence-corrected chi connectivity index (χ4v) is 3.96. The van der Waals surface area contributed by atoms with Gasteiger partial charge in [-0.3, -0.25) is 9.59 Å². The lowest BCUT2D eigenvalue weighted by atomic mass is 10.1. The number of rotatable bonds is 5. The van der Waals surface area contributed by atoms with E-state index in [1.165, 1.54) is 12.1 Å². The van der Waals surface area contributed by atoms with E-state index < -0.39 is 17.5 Å². The number of nitrogens with one attached hydrogen (secondary N) is 2. The Kier molecular flexibility index (Phi) is 5.59. The molecule has 0 radical (unpaired) electrons. The lowest BCUT2D eigenvalue weighted by Crippen LogP contribution is -2.18. The van der Waals surface area contributed by atoms with Crippen LogP contribution in [0.5, 0.6) is 0 Å². The quantitative estimate of drug-likeness (QED) is 0.361. The monoisotopic (exact) mass is 455 g/mol. The molecule has 0 spiro atoms. The van der Waals surface area contributed by atoms with Crippen LogP contribution >= 0.6 is 0 Å². The second-order valence-corrected chi connectivity index (χ2v) is 8.04. The smallest absolute Gasteiger partial charge is 0.229 e. The van der Waals surface area contributed by atoms with Gasteiger partial charge in [0.1, 0.15) is 0 Å². The molecule has 0 aliphatic rings. The normalized spacial score (nSPS) is 11.1. The van der Waals surface area contributed by atoms with Gasteiger partial charge in [-0.05, 0) is 52.9 Å². The van der Waals surface area contributed by atoms with Gasteiger partial charge in [0.15, 0.2) is 22.9 Å². The highest BCUT2D eigenvalue weighted by molar-refractivity contribution is 6.04. The van der Waals surface area contributed by atoms with E-state index in [9.17, 15) is 18.4 Å². The number of nitrogens with zero attached hydrogens (tertiary/aromatic N) is 1. The summed E-state index contributed by atoms with van der Waals surface area (Å²) in [6.45, 7) is 0. The number of anilines is 1. The number of carbonyl (C=O) groups is 1. The third kappa shape index (κ3) is 4.41. The Morgan fingerprint density at radius 3 is 2.50 bits per heavy atom. The molecule has 0 saturated heterocycles. The van der Waals surface area contributed by atoms with E-state index in [-0.39, 0.29) is 11.8 Å². The number of benzene rings is 4. The van der Waals surface area contributed by atoms with Crippen LogP contribution in [-0.4, -0.2) is 15.9 Å². The zero-order valence-electron chi connectivity index (χ0n) is 17.9. The van der Waals surface area contributed by atoms with E-state index in [4.69, 9.17) is 0 Å². The largest absolute Gasteiger partial charge is 0.353 e. The Bertz CT molecular complexity index is 1600. The van der Waals surface area contributed by atoms with Gasteiger partial charge in [0.2, 0.25) is 5.91 Å². The van der Waals surface area contributed by atoms with Gasteiger partial charge in [-0.25, -0.2) is 13.8 Å². The van der Waals surface area contributed by atoms with Crippen molar-refractivity contribution in [2.24, 2.45) is 0 Å². The summed E-state index contributed by atoms with van der Waals surface area (Å²) < 4.78 is 26.8. The number of hydrogen-bond acceptors (Lipinski definition) is 3. The SMILES string of the molecule is O=C(Cc1ccc(F)c(F)c1)Nc1nc2ccc3cc(=O)ccc3c2[nH]c1Cc1ccccc1. The van der Waals surface area contributed by atoms with Crippen molar-refractivity contribution in [2.45, 2.75) is 12.8 Å². The van der Waals surface area contributed by atoms with E-state index >= 15 is 0 Å². The Labute approximate surface area is 193 Å². The minimum atomic E-state index is -1.000. The van der Waals surface area contributed by atoms with Gasteiger partial charge >= 0.3 is 0 Å². The summed E-state index contributed by atoms with van der Waals surface area (Å²) in [5.41, 5.74) is 3.33. The van der Waals surface area contributed by atoms with Crippen LogP contribution in [0.15, 0.2) is 83.7 Å². The number of carbonyl (C=O) groups excluding carboxylic acids is 1. The van der Waals surface area contributed by atoms with Gasteiger partial charge in [-0.2, -0.15) is 0 Å². The third-order valence-corrected chi connectivity index (χ3v) is 5.59. The fourth-order valence-electron chi connectivity index (χ4n) is 3.96. The minimum Gasteiger partial charge on any atom is -0.353 e. The summed E-state index contributed by atoms with van der Waals surface area (Å²) in [5.74, 6) is -2.02. The first kappa shape index (κ1) is 21.5. The highest BCUT2D eigenvalue weighted by Gasteiger charge is 2.14. The summed E-state index contributed by atoms with van der Waals surface area (Å²) in [6.07, 6.45) is 0.340. The van der Waals surface area contributed by atoms with Crippen LogP contribution in [0, 0.1) is 11.6 Å². The molecule has 5 aromatic rings. The summed E-state index contributed by atoms with van der Waals surface area (Å²) >= 11 is 0. The van der Waals surface area contributed by atoms with Crippen molar-refractivity contribution in [3.63, 3.8) is 0 Å². The predicted molar refractivity (Wildman–Crippen MR) is 128 cm³/mol. The number of fused-ring (bicyclic) bond motifs is 3. The van der Waals surface area contributed by atoms with Crippen molar-refractivity contribution < 1.29 is 13.6 Å².